The minimum absolute atomic E-state index is 0.142. The Kier molecular flexibility index (Phi) is 5.53. The average Bonchev–Trinajstić information content (AvgIpc) is 2.74. The Morgan fingerprint density at radius 3 is 2.37 bits per heavy atom. The van der Waals surface area contributed by atoms with Crippen molar-refractivity contribution >= 4 is 5.91 Å². The summed E-state index contributed by atoms with van der Waals surface area (Å²) in [4.78, 5) is 19.8. The topological polar surface area (TPSA) is 45.2 Å². The van der Waals surface area contributed by atoms with Crippen molar-refractivity contribution < 1.29 is 4.79 Å². The molecular formula is C23H29N3O. The minimum atomic E-state index is 0.142. The Morgan fingerprint density at radius 2 is 1.67 bits per heavy atom. The molecule has 1 N–H and O–H groups in total. The molecule has 1 aromatic heterocycles. The van der Waals surface area contributed by atoms with Gasteiger partial charge in [0.2, 0.25) is 0 Å². The Hall–Kier alpha value is -2.20. The van der Waals surface area contributed by atoms with Crippen LogP contribution >= 0.6 is 0 Å². The molecule has 0 atom stereocenters. The highest BCUT2D eigenvalue weighted by atomic mass is 16.2. The van der Waals surface area contributed by atoms with Gasteiger partial charge in [0.15, 0.2) is 0 Å². The van der Waals surface area contributed by atoms with Gasteiger partial charge in [0.1, 0.15) is 0 Å². The van der Waals surface area contributed by atoms with E-state index in [0.29, 0.717) is 0 Å². The molecule has 3 heterocycles. The summed E-state index contributed by atoms with van der Waals surface area (Å²) >= 11 is 0. The fraction of sp³-hybridized carbons (Fsp3) is 0.478. The predicted molar refractivity (Wildman–Crippen MR) is 109 cm³/mol. The lowest BCUT2D eigenvalue weighted by molar-refractivity contribution is 0.0642. The van der Waals surface area contributed by atoms with Gasteiger partial charge in [-0.2, -0.15) is 0 Å². The van der Waals surface area contributed by atoms with Gasteiger partial charge < -0.3 is 10.2 Å². The van der Waals surface area contributed by atoms with Crippen molar-refractivity contribution in [2.75, 3.05) is 26.2 Å². The second-order valence-corrected chi connectivity index (χ2v) is 7.90. The first-order valence-corrected chi connectivity index (χ1v) is 10.2. The van der Waals surface area contributed by atoms with E-state index >= 15 is 0 Å². The van der Waals surface area contributed by atoms with Crippen LogP contribution in [0.2, 0.25) is 0 Å². The molecule has 0 spiro atoms. The van der Waals surface area contributed by atoms with E-state index in [4.69, 9.17) is 0 Å². The number of benzene rings is 1. The number of aromatic nitrogens is 1. The highest BCUT2D eigenvalue weighted by Crippen LogP contribution is 2.32. The van der Waals surface area contributed by atoms with Crippen LogP contribution in [-0.4, -0.2) is 42.0 Å². The van der Waals surface area contributed by atoms with E-state index in [0.717, 1.165) is 73.2 Å². The molecule has 4 rings (SSSR count). The Morgan fingerprint density at radius 1 is 1.00 bits per heavy atom. The number of pyridine rings is 1. The van der Waals surface area contributed by atoms with Gasteiger partial charge in [0.05, 0.1) is 11.3 Å². The largest absolute Gasteiger partial charge is 0.339 e. The second-order valence-electron chi connectivity index (χ2n) is 7.90. The van der Waals surface area contributed by atoms with Crippen molar-refractivity contribution in [3.63, 3.8) is 0 Å². The van der Waals surface area contributed by atoms with Gasteiger partial charge >= 0.3 is 0 Å². The van der Waals surface area contributed by atoms with Gasteiger partial charge in [-0.25, -0.2) is 0 Å². The van der Waals surface area contributed by atoms with Crippen LogP contribution in [0.25, 0.3) is 11.1 Å². The van der Waals surface area contributed by atoms with Crippen LogP contribution in [0.15, 0.2) is 42.6 Å². The van der Waals surface area contributed by atoms with Gasteiger partial charge in [0, 0.05) is 19.3 Å². The highest BCUT2D eigenvalue weighted by molar-refractivity contribution is 6.01. The molecule has 0 radical (unpaired) electrons. The molecule has 4 heteroatoms. The summed E-state index contributed by atoms with van der Waals surface area (Å²) in [6.07, 6.45) is 6.65. The third-order valence-corrected chi connectivity index (χ3v) is 6.32. The van der Waals surface area contributed by atoms with Gasteiger partial charge in [0.25, 0.3) is 5.91 Å². The summed E-state index contributed by atoms with van der Waals surface area (Å²) in [5.41, 5.74) is 3.66. The maximum absolute atomic E-state index is 13.4. The molecule has 0 aliphatic carbocycles. The molecule has 0 unspecified atom stereocenters. The molecule has 0 saturated carbocycles. The number of nitrogens with zero attached hydrogens (tertiary/aromatic N) is 2. The number of piperidine rings is 2. The zero-order valence-corrected chi connectivity index (χ0v) is 16.2. The molecule has 4 nitrogen and oxygen atoms in total. The van der Waals surface area contributed by atoms with E-state index in [1.807, 2.05) is 36.1 Å². The fourth-order valence-electron chi connectivity index (χ4n) is 4.74. The number of hydrogen-bond donors (Lipinski definition) is 1. The lowest BCUT2D eigenvalue weighted by atomic mass is 9.79. The lowest BCUT2D eigenvalue weighted by Gasteiger charge is -2.38. The van der Waals surface area contributed by atoms with Gasteiger partial charge in [-0.05, 0) is 74.7 Å². The number of hydrogen-bond acceptors (Lipinski definition) is 3. The predicted octanol–water partition coefficient (Wildman–Crippen LogP) is 3.91. The second kappa shape index (κ2) is 8.22. The van der Waals surface area contributed by atoms with E-state index in [2.05, 4.69) is 22.4 Å². The molecule has 2 aliphatic heterocycles. The zero-order chi connectivity index (χ0) is 18.6. The van der Waals surface area contributed by atoms with Crippen molar-refractivity contribution in [3.05, 3.63) is 53.9 Å². The highest BCUT2D eigenvalue weighted by Gasteiger charge is 2.31. The summed E-state index contributed by atoms with van der Waals surface area (Å²) in [7, 11) is 0. The molecule has 27 heavy (non-hydrogen) atoms. The first-order chi connectivity index (χ1) is 13.2. The SMILES string of the molecule is Cc1nccc(-c2ccccc2)c1C(=O)N1CCC(C2CCNCC2)CC1. The van der Waals surface area contributed by atoms with Crippen molar-refractivity contribution in [1.29, 1.82) is 0 Å². The number of carbonyl (C=O) groups is 1. The molecule has 142 valence electrons. The molecular weight excluding hydrogens is 334 g/mol. The van der Waals surface area contributed by atoms with E-state index in [-0.39, 0.29) is 5.91 Å². The smallest absolute Gasteiger partial charge is 0.256 e. The summed E-state index contributed by atoms with van der Waals surface area (Å²) in [6, 6.07) is 12.1. The van der Waals surface area contributed by atoms with Crippen molar-refractivity contribution in [1.82, 2.24) is 15.2 Å². The van der Waals surface area contributed by atoms with Gasteiger partial charge in [-0.15, -0.1) is 0 Å². The van der Waals surface area contributed by atoms with Crippen LogP contribution < -0.4 is 5.32 Å². The maximum Gasteiger partial charge on any atom is 0.256 e. The van der Waals surface area contributed by atoms with Crippen LogP contribution in [0.4, 0.5) is 0 Å². The molecule has 1 aromatic carbocycles. The maximum atomic E-state index is 13.4. The van der Waals surface area contributed by atoms with Crippen molar-refractivity contribution in [2.45, 2.75) is 32.6 Å². The minimum Gasteiger partial charge on any atom is -0.339 e. The summed E-state index contributed by atoms with van der Waals surface area (Å²) in [5.74, 6) is 1.76. The third-order valence-electron chi connectivity index (χ3n) is 6.32. The number of rotatable bonds is 3. The molecule has 0 bridgehead atoms. The number of amides is 1. The van der Waals surface area contributed by atoms with E-state index in [9.17, 15) is 4.79 Å². The Labute approximate surface area is 162 Å². The quantitative estimate of drug-likeness (QED) is 0.899. The normalized spacial score (nSPS) is 19.2. The van der Waals surface area contributed by atoms with Crippen molar-refractivity contribution in [3.8, 4) is 11.1 Å². The van der Waals surface area contributed by atoms with Gasteiger partial charge in [-0.3, -0.25) is 9.78 Å². The standard InChI is InChI=1S/C23H29N3O/c1-17-22(21(9-14-25-17)20-5-3-2-4-6-20)23(27)26-15-10-19(11-16-26)18-7-12-24-13-8-18/h2-6,9,14,18-19,24H,7-8,10-13,15-16H2,1H3. The van der Waals surface area contributed by atoms with E-state index < -0.39 is 0 Å². The number of carbonyl (C=O) groups excluding carboxylic acids is 1. The fourth-order valence-corrected chi connectivity index (χ4v) is 4.74. The number of aryl methyl sites for hydroxylation is 1. The molecule has 2 aromatic rings. The molecule has 2 aliphatic rings. The van der Waals surface area contributed by atoms with E-state index in [1.165, 1.54) is 12.8 Å². The first-order valence-electron chi connectivity index (χ1n) is 10.2. The summed E-state index contributed by atoms with van der Waals surface area (Å²) in [6.45, 7) is 5.99. The Bertz CT molecular complexity index is 775. The number of likely N-dealkylation sites (tertiary alicyclic amines) is 1. The molecule has 2 fully saturated rings. The third kappa shape index (κ3) is 3.91. The van der Waals surface area contributed by atoms with Gasteiger partial charge in [-0.1, -0.05) is 30.3 Å². The molecule has 1 amide bonds. The lowest BCUT2D eigenvalue weighted by Crippen LogP contribution is -2.42. The van der Waals surface area contributed by atoms with Crippen LogP contribution in [0.5, 0.6) is 0 Å². The van der Waals surface area contributed by atoms with Crippen LogP contribution in [0.1, 0.15) is 41.7 Å². The van der Waals surface area contributed by atoms with E-state index in [1.54, 1.807) is 6.20 Å². The van der Waals surface area contributed by atoms with Crippen molar-refractivity contribution in [2.24, 2.45) is 11.8 Å². The summed E-state index contributed by atoms with van der Waals surface area (Å²) < 4.78 is 0. The summed E-state index contributed by atoms with van der Waals surface area (Å²) in [5, 5.41) is 3.46. The molecule has 2 saturated heterocycles. The monoisotopic (exact) mass is 363 g/mol. The van der Waals surface area contributed by atoms with Crippen LogP contribution in [0, 0.1) is 18.8 Å². The first kappa shape index (κ1) is 18.2. The number of nitrogens with one attached hydrogen (secondary N) is 1. The average molecular weight is 364 g/mol. The zero-order valence-electron chi connectivity index (χ0n) is 16.2. The van der Waals surface area contributed by atoms with Crippen LogP contribution in [0.3, 0.4) is 0 Å². The Balaban J connectivity index is 1.51. The van der Waals surface area contributed by atoms with Crippen LogP contribution in [-0.2, 0) is 0 Å².